The van der Waals surface area contributed by atoms with Gasteiger partial charge in [-0.2, -0.15) is 0 Å². The summed E-state index contributed by atoms with van der Waals surface area (Å²) in [6, 6.07) is 11.4. The summed E-state index contributed by atoms with van der Waals surface area (Å²) in [6.07, 6.45) is 6.45. The quantitative estimate of drug-likeness (QED) is 0.447. The standard InChI is InChI=1S/C31H39ClN2O5S/c1-20-4-3-13-40(37,38)33-30(36)22-7-11-29-27(16-22)34(17-23-6-9-25(23)28(35)14-20)18-31(19-39-29)12-2-5-21-15-24(32)8-10-26(21)31/h7-8,10-11,15-16,20,23,25,28,35H,2-6,9,12-14,17-19H2,1H3,(H,33,36)/t20-,23-,25+,28-,31-/m0/s1. The lowest BCUT2D eigenvalue weighted by atomic mass is 9.67. The van der Waals surface area contributed by atoms with E-state index in [9.17, 15) is 18.3 Å². The SMILES string of the molecule is C[C@H]1CCCS(=O)(=O)NC(=O)c2ccc3c(c2)N(C[C@@H]2CC[C@H]2[C@@H](O)C1)C[C@@]1(CCCc2cc(Cl)ccc21)CO3. The summed E-state index contributed by atoms with van der Waals surface area (Å²) in [5, 5.41) is 11.9. The first-order chi connectivity index (χ1) is 19.1. The molecule has 1 amide bonds. The van der Waals surface area contributed by atoms with Gasteiger partial charge in [0, 0.05) is 29.1 Å². The Balaban J connectivity index is 1.40. The average Bonchev–Trinajstić information content (AvgIpc) is 3.02. The number of aryl methyl sites for hydroxylation is 1. The lowest BCUT2D eigenvalue weighted by molar-refractivity contribution is 0.00140. The van der Waals surface area contributed by atoms with Crippen molar-refractivity contribution < 1.29 is 23.1 Å². The third-order valence-electron chi connectivity index (χ3n) is 9.73. The van der Waals surface area contributed by atoms with Crippen LogP contribution < -0.4 is 14.4 Å². The molecule has 1 spiro atoms. The zero-order valence-corrected chi connectivity index (χ0v) is 24.6. The molecule has 0 unspecified atom stereocenters. The van der Waals surface area contributed by atoms with Gasteiger partial charge in [-0.3, -0.25) is 4.79 Å². The fourth-order valence-corrected chi connectivity index (χ4v) is 8.69. The van der Waals surface area contributed by atoms with E-state index in [-0.39, 0.29) is 23.0 Å². The van der Waals surface area contributed by atoms with E-state index < -0.39 is 22.0 Å². The molecule has 9 heteroatoms. The molecular formula is C31H39ClN2O5S. The number of hydrogen-bond donors (Lipinski definition) is 2. The van der Waals surface area contributed by atoms with Crippen LogP contribution in [0.25, 0.3) is 0 Å². The summed E-state index contributed by atoms with van der Waals surface area (Å²) < 4.78 is 34.2. The molecule has 1 saturated carbocycles. The highest BCUT2D eigenvalue weighted by molar-refractivity contribution is 7.90. The zero-order chi connectivity index (χ0) is 28.1. The summed E-state index contributed by atoms with van der Waals surface area (Å²) in [5.41, 5.74) is 3.40. The number of rotatable bonds is 0. The van der Waals surface area contributed by atoms with E-state index in [2.05, 4.69) is 28.7 Å². The summed E-state index contributed by atoms with van der Waals surface area (Å²) >= 11 is 6.38. The van der Waals surface area contributed by atoms with Gasteiger partial charge >= 0.3 is 0 Å². The van der Waals surface area contributed by atoms with Crippen molar-refractivity contribution in [2.45, 2.75) is 69.8 Å². The smallest absolute Gasteiger partial charge is 0.264 e. The maximum absolute atomic E-state index is 13.1. The molecule has 4 aliphatic rings. The number of hydrogen-bond acceptors (Lipinski definition) is 6. The number of ether oxygens (including phenoxy) is 1. The van der Waals surface area contributed by atoms with Crippen LogP contribution in [0.1, 0.15) is 73.4 Å². The maximum Gasteiger partial charge on any atom is 0.264 e. The van der Waals surface area contributed by atoms with Crippen LogP contribution in [0.4, 0.5) is 5.69 Å². The van der Waals surface area contributed by atoms with Crippen LogP contribution in [-0.2, 0) is 21.9 Å². The van der Waals surface area contributed by atoms with E-state index >= 15 is 0 Å². The van der Waals surface area contributed by atoms with Crippen LogP contribution >= 0.6 is 11.6 Å². The molecule has 2 aliphatic carbocycles. The molecule has 7 nitrogen and oxygen atoms in total. The Bertz CT molecular complexity index is 1400. The molecule has 2 aromatic rings. The largest absolute Gasteiger partial charge is 0.490 e. The van der Waals surface area contributed by atoms with Gasteiger partial charge in [-0.25, -0.2) is 13.1 Å². The molecule has 5 atom stereocenters. The second-order valence-corrected chi connectivity index (χ2v) is 14.9. The molecule has 2 heterocycles. The van der Waals surface area contributed by atoms with E-state index in [1.54, 1.807) is 18.2 Å². The number of carbonyl (C=O) groups excluding carboxylic acids is 1. The zero-order valence-electron chi connectivity index (χ0n) is 23.1. The van der Waals surface area contributed by atoms with Crippen LogP contribution in [0.2, 0.25) is 5.02 Å². The van der Waals surface area contributed by atoms with Crippen molar-refractivity contribution in [3.05, 3.63) is 58.1 Å². The maximum atomic E-state index is 13.1. The molecule has 0 aromatic heterocycles. The number of aliphatic hydroxyl groups is 1. The predicted molar refractivity (Wildman–Crippen MR) is 157 cm³/mol. The Kier molecular flexibility index (Phi) is 7.55. The molecular weight excluding hydrogens is 548 g/mol. The van der Waals surface area contributed by atoms with Gasteiger partial charge in [0.05, 0.1) is 24.2 Å². The van der Waals surface area contributed by atoms with Gasteiger partial charge in [-0.15, -0.1) is 0 Å². The number of halogens is 1. The van der Waals surface area contributed by atoms with Crippen LogP contribution in [0.5, 0.6) is 5.75 Å². The number of benzene rings is 2. The molecule has 0 saturated heterocycles. The van der Waals surface area contributed by atoms with Gasteiger partial charge < -0.3 is 14.7 Å². The van der Waals surface area contributed by atoms with Crippen molar-refractivity contribution >= 4 is 33.2 Å². The lowest BCUT2D eigenvalue weighted by Crippen LogP contribution is -2.49. The molecule has 216 valence electrons. The number of sulfonamides is 1. The second-order valence-electron chi connectivity index (χ2n) is 12.6. The number of nitrogens with zero attached hydrogens (tertiary/aromatic N) is 1. The fourth-order valence-electron chi connectivity index (χ4n) is 7.44. The lowest BCUT2D eigenvalue weighted by Gasteiger charge is -2.46. The molecule has 1 fully saturated rings. The van der Waals surface area contributed by atoms with Crippen molar-refractivity contribution in [1.82, 2.24) is 4.72 Å². The Morgan fingerprint density at radius 3 is 2.77 bits per heavy atom. The third kappa shape index (κ3) is 5.47. The molecule has 6 rings (SSSR count). The van der Waals surface area contributed by atoms with Crippen LogP contribution in [-0.4, -0.2) is 51.0 Å². The minimum Gasteiger partial charge on any atom is -0.490 e. The van der Waals surface area contributed by atoms with Crippen LogP contribution in [0.15, 0.2) is 36.4 Å². The first-order valence-electron chi connectivity index (χ1n) is 14.7. The van der Waals surface area contributed by atoms with Crippen molar-refractivity contribution in [3.8, 4) is 5.75 Å². The van der Waals surface area contributed by atoms with Crippen LogP contribution in [0, 0.1) is 17.8 Å². The van der Waals surface area contributed by atoms with Crippen molar-refractivity contribution in [2.75, 3.05) is 30.3 Å². The van der Waals surface area contributed by atoms with Crippen molar-refractivity contribution in [3.63, 3.8) is 0 Å². The third-order valence-corrected chi connectivity index (χ3v) is 11.3. The van der Waals surface area contributed by atoms with Gasteiger partial charge in [-0.1, -0.05) is 24.6 Å². The topological polar surface area (TPSA) is 95.9 Å². The Morgan fingerprint density at radius 1 is 1.12 bits per heavy atom. The van der Waals surface area contributed by atoms with Crippen molar-refractivity contribution in [1.29, 1.82) is 0 Å². The minimum absolute atomic E-state index is 0.114. The van der Waals surface area contributed by atoms with Gasteiger partial charge in [0.25, 0.3) is 5.91 Å². The summed E-state index contributed by atoms with van der Waals surface area (Å²) in [5.74, 6) is 0.725. The average molecular weight is 587 g/mol. The van der Waals surface area contributed by atoms with E-state index in [0.717, 1.165) is 49.4 Å². The number of amides is 1. The Hall–Kier alpha value is -2.29. The Labute approximate surface area is 242 Å². The number of carbonyl (C=O) groups is 1. The predicted octanol–water partition coefficient (Wildman–Crippen LogP) is 5.08. The number of anilines is 1. The molecule has 2 aliphatic heterocycles. The van der Waals surface area contributed by atoms with Crippen molar-refractivity contribution in [2.24, 2.45) is 17.8 Å². The van der Waals surface area contributed by atoms with Gasteiger partial charge in [-0.05, 0) is 111 Å². The normalized spacial score (nSPS) is 32.1. The van der Waals surface area contributed by atoms with Crippen LogP contribution in [0.3, 0.4) is 0 Å². The highest BCUT2D eigenvalue weighted by Gasteiger charge is 2.44. The van der Waals surface area contributed by atoms with E-state index in [1.807, 2.05) is 6.07 Å². The van der Waals surface area contributed by atoms with Gasteiger partial charge in [0.2, 0.25) is 10.0 Å². The first kappa shape index (κ1) is 27.9. The van der Waals surface area contributed by atoms with E-state index in [1.165, 1.54) is 11.1 Å². The molecule has 0 radical (unpaired) electrons. The van der Waals surface area contributed by atoms with Gasteiger partial charge in [0.15, 0.2) is 0 Å². The number of nitrogens with one attached hydrogen (secondary N) is 1. The highest BCUT2D eigenvalue weighted by atomic mass is 35.5. The van der Waals surface area contributed by atoms with E-state index in [4.69, 9.17) is 16.3 Å². The summed E-state index contributed by atoms with van der Waals surface area (Å²) in [4.78, 5) is 15.5. The minimum atomic E-state index is -3.77. The number of aliphatic hydroxyl groups excluding tert-OH is 1. The van der Waals surface area contributed by atoms with Gasteiger partial charge in [0.1, 0.15) is 5.75 Å². The molecule has 2 bridgehead atoms. The summed E-state index contributed by atoms with van der Waals surface area (Å²) in [6.45, 7) is 4.05. The fraction of sp³-hybridized carbons (Fsp3) is 0.581. The molecule has 2 N–H and O–H groups in total. The second kappa shape index (κ2) is 10.8. The molecule has 40 heavy (non-hydrogen) atoms. The highest BCUT2D eigenvalue weighted by Crippen LogP contribution is 2.47. The first-order valence-corrected chi connectivity index (χ1v) is 16.7. The Morgan fingerprint density at radius 2 is 1.98 bits per heavy atom. The summed E-state index contributed by atoms with van der Waals surface area (Å²) in [7, 11) is -3.77. The van der Waals surface area contributed by atoms with E-state index in [0.29, 0.717) is 49.6 Å². The number of fused-ring (bicyclic) bond motifs is 4. The molecule has 2 aromatic carbocycles. The monoisotopic (exact) mass is 586 g/mol.